The van der Waals surface area contributed by atoms with Gasteiger partial charge in [-0.15, -0.1) is 12.4 Å². The molecule has 1 fully saturated rings. The molecule has 0 saturated carbocycles. The summed E-state index contributed by atoms with van der Waals surface area (Å²) in [6.45, 7) is 8.52. The standard InChI is InChI=1S/C16H27N3O.ClH/c1-12-9-18-15(13(2)16(12)20-4)11-19(3)10-14-5-7-17-8-6-14;/h9,14,17H,5-8,10-11H2,1-4H3;1H. The molecule has 2 heterocycles. The van der Waals surface area contributed by atoms with Crippen molar-refractivity contribution in [2.24, 2.45) is 5.92 Å². The van der Waals surface area contributed by atoms with Gasteiger partial charge in [0.1, 0.15) is 5.75 Å². The van der Waals surface area contributed by atoms with Gasteiger partial charge in [-0.05, 0) is 52.7 Å². The predicted octanol–water partition coefficient (Wildman–Crippen LogP) is 2.56. The van der Waals surface area contributed by atoms with E-state index in [1.807, 2.05) is 13.1 Å². The van der Waals surface area contributed by atoms with Gasteiger partial charge >= 0.3 is 0 Å². The molecule has 0 atom stereocenters. The summed E-state index contributed by atoms with van der Waals surface area (Å²) in [5.41, 5.74) is 3.41. The molecule has 0 radical (unpaired) electrons. The van der Waals surface area contributed by atoms with Crippen LogP contribution in [0.15, 0.2) is 6.20 Å². The van der Waals surface area contributed by atoms with Crippen molar-refractivity contribution in [1.29, 1.82) is 0 Å². The third-order valence-corrected chi connectivity index (χ3v) is 4.20. The molecule has 120 valence electrons. The van der Waals surface area contributed by atoms with Gasteiger partial charge in [-0.2, -0.15) is 0 Å². The average Bonchev–Trinajstić information content (AvgIpc) is 2.44. The van der Waals surface area contributed by atoms with Crippen molar-refractivity contribution in [3.63, 3.8) is 0 Å². The fourth-order valence-corrected chi connectivity index (χ4v) is 3.06. The smallest absolute Gasteiger partial charge is 0.128 e. The first kappa shape index (κ1) is 18.2. The van der Waals surface area contributed by atoms with Crippen LogP contribution >= 0.6 is 12.4 Å². The quantitative estimate of drug-likeness (QED) is 0.906. The lowest BCUT2D eigenvalue weighted by atomic mass is 9.97. The maximum Gasteiger partial charge on any atom is 0.128 e. The minimum atomic E-state index is 0. The van der Waals surface area contributed by atoms with Crippen molar-refractivity contribution in [2.45, 2.75) is 33.2 Å². The van der Waals surface area contributed by atoms with Crippen LogP contribution in [0, 0.1) is 19.8 Å². The molecule has 0 spiro atoms. The lowest BCUT2D eigenvalue weighted by Crippen LogP contribution is -2.34. The molecular formula is C16H28ClN3O. The minimum Gasteiger partial charge on any atom is -0.496 e. The van der Waals surface area contributed by atoms with Crippen molar-refractivity contribution in [3.05, 3.63) is 23.0 Å². The fourth-order valence-electron chi connectivity index (χ4n) is 3.06. The fraction of sp³-hybridized carbons (Fsp3) is 0.688. The molecule has 1 aliphatic heterocycles. The number of hydrogen-bond acceptors (Lipinski definition) is 4. The number of ether oxygens (including phenoxy) is 1. The van der Waals surface area contributed by atoms with E-state index in [1.165, 1.54) is 18.4 Å². The number of rotatable bonds is 5. The largest absolute Gasteiger partial charge is 0.496 e. The summed E-state index contributed by atoms with van der Waals surface area (Å²) in [6.07, 6.45) is 4.49. The number of nitrogens with zero attached hydrogens (tertiary/aromatic N) is 2. The van der Waals surface area contributed by atoms with Crippen LogP contribution in [0.2, 0.25) is 0 Å². The Kier molecular flexibility index (Phi) is 7.43. The van der Waals surface area contributed by atoms with Gasteiger partial charge in [-0.1, -0.05) is 0 Å². The van der Waals surface area contributed by atoms with Gasteiger partial charge in [0.15, 0.2) is 0 Å². The highest BCUT2D eigenvalue weighted by Crippen LogP contribution is 2.25. The highest BCUT2D eigenvalue weighted by molar-refractivity contribution is 5.85. The first-order valence-electron chi connectivity index (χ1n) is 7.50. The molecule has 0 bridgehead atoms. The van der Waals surface area contributed by atoms with E-state index in [-0.39, 0.29) is 12.4 Å². The summed E-state index contributed by atoms with van der Waals surface area (Å²) >= 11 is 0. The number of nitrogens with one attached hydrogen (secondary N) is 1. The van der Waals surface area contributed by atoms with Gasteiger partial charge in [0.05, 0.1) is 12.8 Å². The van der Waals surface area contributed by atoms with Gasteiger partial charge in [-0.25, -0.2) is 0 Å². The second-order valence-corrected chi connectivity index (χ2v) is 5.94. The Morgan fingerprint density at radius 2 is 2.00 bits per heavy atom. The van der Waals surface area contributed by atoms with Crippen LogP contribution < -0.4 is 10.1 Å². The van der Waals surface area contributed by atoms with Crippen molar-refractivity contribution in [3.8, 4) is 5.75 Å². The number of pyridine rings is 1. The molecule has 0 amide bonds. The monoisotopic (exact) mass is 313 g/mol. The molecule has 1 N–H and O–H groups in total. The zero-order chi connectivity index (χ0) is 14.5. The van der Waals surface area contributed by atoms with Crippen LogP contribution in [0.3, 0.4) is 0 Å². The van der Waals surface area contributed by atoms with Crippen LogP contribution in [-0.2, 0) is 6.54 Å². The molecule has 0 aromatic carbocycles. The first-order valence-corrected chi connectivity index (χ1v) is 7.50. The summed E-state index contributed by atoms with van der Waals surface area (Å²) < 4.78 is 5.48. The number of halogens is 1. The maximum absolute atomic E-state index is 5.48. The molecule has 21 heavy (non-hydrogen) atoms. The van der Waals surface area contributed by atoms with Gasteiger partial charge in [0, 0.05) is 30.4 Å². The molecule has 5 heteroatoms. The summed E-state index contributed by atoms with van der Waals surface area (Å²) in [5.74, 6) is 1.79. The van der Waals surface area contributed by atoms with E-state index in [0.29, 0.717) is 0 Å². The minimum absolute atomic E-state index is 0. The summed E-state index contributed by atoms with van der Waals surface area (Å²) in [7, 11) is 3.92. The average molecular weight is 314 g/mol. The Hall–Kier alpha value is -0.840. The SMILES string of the molecule is COc1c(C)cnc(CN(C)CC2CCNCC2)c1C.Cl. The third kappa shape index (κ3) is 4.83. The number of aryl methyl sites for hydroxylation is 1. The van der Waals surface area contributed by atoms with Crippen LogP contribution in [0.25, 0.3) is 0 Å². The zero-order valence-corrected chi connectivity index (χ0v) is 14.4. The van der Waals surface area contributed by atoms with Crippen molar-refractivity contribution >= 4 is 12.4 Å². The van der Waals surface area contributed by atoms with Crippen LogP contribution in [-0.4, -0.2) is 43.7 Å². The Labute approximate surface area is 134 Å². The number of aromatic nitrogens is 1. The lowest BCUT2D eigenvalue weighted by molar-refractivity contribution is 0.232. The van der Waals surface area contributed by atoms with E-state index in [4.69, 9.17) is 4.74 Å². The molecule has 0 unspecified atom stereocenters. The van der Waals surface area contributed by atoms with Crippen molar-refractivity contribution in [1.82, 2.24) is 15.2 Å². The molecule has 0 aliphatic carbocycles. The van der Waals surface area contributed by atoms with E-state index in [2.05, 4.69) is 29.2 Å². The summed E-state index contributed by atoms with van der Waals surface area (Å²) in [5, 5.41) is 3.42. The Morgan fingerprint density at radius 3 is 2.62 bits per heavy atom. The normalized spacial score (nSPS) is 15.9. The molecule has 1 aromatic heterocycles. The number of hydrogen-bond donors (Lipinski definition) is 1. The maximum atomic E-state index is 5.48. The van der Waals surface area contributed by atoms with Crippen LogP contribution in [0.5, 0.6) is 5.75 Å². The summed E-state index contributed by atoms with van der Waals surface area (Å²) in [6, 6.07) is 0. The van der Waals surface area contributed by atoms with Crippen molar-refractivity contribution < 1.29 is 4.74 Å². The van der Waals surface area contributed by atoms with Gasteiger partial charge in [0.25, 0.3) is 0 Å². The van der Waals surface area contributed by atoms with E-state index in [9.17, 15) is 0 Å². The molecule has 1 saturated heterocycles. The molecule has 2 rings (SSSR count). The van der Waals surface area contributed by atoms with E-state index < -0.39 is 0 Å². The van der Waals surface area contributed by atoms with Gasteiger partial charge in [0.2, 0.25) is 0 Å². The third-order valence-electron chi connectivity index (χ3n) is 4.20. The predicted molar refractivity (Wildman–Crippen MR) is 89.4 cm³/mol. The highest BCUT2D eigenvalue weighted by Gasteiger charge is 2.17. The Bertz CT molecular complexity index is 447. The van der Waals surface area contributed by atoms with Crippen LogP contribution in [0.1, 0.15) is 29.7 Å². The Balaban J connectivity index is 0.00000220. The second-order valence-electron chi connectivity index (χ2n) is 5.94. The molecule has 1 aromatic rings. The number of piperidine rings is 1. The summed E-state index contributed by atoms with van der Waals surface area (Å²) in [4.78, 5) is 6.97. The first-order chi connectivity index (χ1) is 9.61. The van der Waals surface area contributed by atoms with E-state index in [1.54, 1.807) is 7.11 Å². The topological polar surface area (TPSA) is 37.4 Å². The number of methoxy groups -OCH3 is 1. The van der Waals surface area contributed by atoms with Crippen LogP contribution in [0.4, 0.5) is 0 Å². The van der Waals surface area contributed by atoms with E-state index >= 15 is 0 Å². The second kappa shape index (κ2) is 8.57. The van der Waals surface area contributed by atoms with Crippen molar-refractivity contribution in [2.75, 3.05) is 33.8 Å². The van der Waals surface area contributed by atoms with Gasteiger partial charge < -0.3 is 15.0 Å². The Morgan fingerprint density at radius 1 is 1.33 bits per heavy atom. The zero-order valence-electron chi connectivity index (χ0n) is 13.6. The molecule has 4 nitrogen and oxygen atoms in total. The molecule has 1 aliphatic rings. The lowest BCUT2D eigenvalue weighted by Gasteiger charge is -2.27. The van der Waals surface area contributed by atoms with Gasteiger partial charge in [-0.3, -0.25) is 4.98 Å². The molecular weight excluding hydrogens is 286 g/mol. The highest BCUT2D eigenvalue weighted by atomic mass is 35.5. The van der Waals surface area contributed by atoms with E-state index in [0.717, 1.165) is 49.1 Å².